The van der Waals surface area contributed by atoms with Crippen molar-refractivity contribution in [2.75, 3.05) is 29.5 Å². The van der Waals surface area contributed by atoms with Crippen LogP contribution in [-0.2, 0) is 14.8 Å². The zero-order valence-electron chi connectivity index (χ0n) is 20.6. The van der Waals surface area contributed by atoms with Gasteiger partial charge in [0.15, 0.2) is 0 Å². The first-order chi connectivity index (χ1) is 17.2. The third-order valence-corrected chi connectivity index (χ3v) is 6.81. The van der Waals surface area contributed by atoms with E-state index >= 15 is 0 Å². The molecular formula is C27H31N3O5S. The number of para-hydroxylation sites is 1. The lowest BCUT2D eigenvalue weighted by Crippen LogP contribution is -2.31. The number of methoxy groups -OCH3 is 1. The van der Waals surface area contributed by atoms with Crippen LogP contribution in [0.4, 0.5) is 11.4 Å². The van der Waals surface area contributed by atoms with Gasteiger partial charge in [-0.1, -0.05) is 42.5 Å². The zero-order chi connectivity index (χ0) is 26.1. The van der Waals surface area contributed by atoms with Gasteiger partial charge in [0.1, 0.15) is 5.75 Å². The molecule has 3 rings (SSSR count). The number of nitrogens with zero attached hydrogens (tertiary/aromatic N) is 1. The van der Waals surface area contributed by atoms with Crippen molar-refractivity contribution in [2.24, 2.45) is 0 Å². The van der Waals surface area contributed by atoms with E-state index < -0.39 is 10.0 Å². The summed E-state index contributed by atoms with van der Waals surface area (Å²) in [6, 6.07) is 22.9. The van der Waals surface area contributed by atoms with Crippen molar-refractivity contribution >= 4 is 33.2 Å². The molecule has 0 aromatic heterocycles. The first kappa shape index (κ1) is 26.7. The molecule has 0 radical (unpaired) electrons. The molecule has 3 aromatic rings. The maximum atomic E-state index is 12.9. The number of anilines is 2. The summed E-state index contributed by atoms with van der Waals surface area (Å²) in [6.07, 6.45) is 1.51. The van der Waals surface area contributed by atoms with Crippen LogP contribution in [0.25, 0.3) is 0 Å². The summed E-state index contributed by atoms with van der Waals surface area (Å²) in [5.41, 5.74) is 2.22. The van der Waals surface area contributed by atoms with Gasteiger partial charge in [-0.3, -0.25) is 13.9 Å². The van der Waals surface area contributed by atoms with E-state index in [9.17, 15) is 18.0 Å². The van der Waals surface area contributed by atoms with Crippen molar-refractivity contribution in [3.05, 3.63) is 90.0 Å². The maximum Gasteiger partial charge on any atom is 0.253 e. The lowest BCUT2D eigenvalue weighted by molar-refractivity contribution is -0.116. The molecule has 0 spiro atoms. The molecule has 0 fully saturated rings. The van der Waals surface area contributed by atoms with Gasteiger partial charge in [0.25, 0.3) is 5.91 Å². The molecule has 36 heavy (non-hydrogen) atoms. The first-order valence-corrected chi connectivity index (χ1v) is 13.4. The van der Waals surface area contributed by atoms with Crippen LogP contribution in [0.3, 0.4) is 0 Å². The molecule has 2 amide bonds. The minimum absolute atomic E-state index is 0.0819. The molecule has 9 heteroatoms. The Hall–Kier alpha value is -3.85. The SMILES string of the molecule is COc1ccc(N(CCCC(=O)Nc2ccccc2C(=O)N[C@@H](C)c2ccccc2)S(C)(=O)=O)cc1. The third-order valence-electron chi connectivity index (χ3n) is 5.62. The summed E-state index contributed by atoms with van der Waals surface area (Å²) in [6.45, 7) is 2.03. The van der Waals surface area contributed by atoms with Crippen molar-refractivity contribution in [3.8, 4) is 5.75 Å². The van der Waals surface area contributed by atoms with E-state index in [2.05, 4.69) is 10.6 Å². The fraction of sp³-hybridized carbons (Fsp3) is 0.259. The molecule has 0 unspecified atom stereocenters. The summed E-state index contributed by atoms with van der Waals surface area (Å²) in [5.74, 6) is 0.00648. The minimum atomic E-state index is -3.54. The van der Waals surface area contributed by atoms with Crippen LogP contribution in [0.1, 0.15) is 41.7 Å². The van der Waals surface area contributed by atoms with Gasteiger partial charge in [-0.15, -0.1) is 0 Å². The Morgan fingerprint density at radius 2 is 1.58 bits per heavy atom. The largest absolute Gasteiger partial charge is 0.497 e. The van der Waals surface area contributed by atoms with Crippen molar-refractivity contribution in [3.63, 3.8) is 0 Å². The molecule has 0 aliphatic heterocycles. The number of nitrogens with one attached hydrogen (secondary N) is 2. The van der Waals surface area contributed by atoms with Crippen LogP contribution in [0.2, 0.25) is 0 Å². The highest BCUT2D eigenvalue weighted by atomic mass is 32.2. The molecule has 190 valence electrons. The number of sulfonamides is 1. The molecule has 0 aliphatic carbocycles. The van der Waals surface area contributed by atoms with Gasteiger partial charge in [-0.05, 0) is 55.3 Å². The van der Waals surface area contributed by atoms with Gasteiger partial charge in [0, 0.05) is 13.0 Å². The van der Waals surface area contributed by atoms with Gasteiger partial charge in [-0.25, -0.2) is 8.42 Å². The number of carbonyl (C=O) groups excluding carboxylic acids is 2. The molecule has 0 aliphatic rings. The van der Waals surface area contributed by atoms with E-state index in [1.165, 1.54) is 11.4 Å². The predicted octanol–water partition coefficient (Wildman–Crippen LogP) is 4.37. The molecule has 3 aromatic carbocycles. The van der Waals surface area contributed by atoms with E-state index in [1.54, 1.807) is 48.5 Å². The number of hydrogen-bond donors (Lipinski definition) is 2. The van der Waals surface area contributed by atoms with Crippen LogP contribution in [-0.4, -0.2) is 40.1 Å². The summed E-state index contributed by atoms with van der Waals surface area (Å²) in [7, 11) is -2.00. The van der Waals surface area contributed by atoms with Crippen molar-refractivity contribution < 1.29 is 22.7 Å². The van der Waals surface area contributed by atoms with Gasteiger partial charge in [0.2, 0.25) is 15.9 Å². The highest BCUT2D eigenvalue weighted by molar-refractivity contribution is 7.92. The Labute approximate surface area is 212 Å². The van der Waals surface area contributed by atoms with Crippen LogP contribution >= 0.6 is 0 Å². The van der Waals surface area contributed by atoms with Crippen LogP contribution < -0.4 is 19.7 Å². The summed E-state index contributed by atoms with van der Waals surface area (Å²) >= 11 is 0. The Morgan fingerprint density at radius 1 is 0.944 bits per heavy atom. The van der Waals surface area contributed by atoms with E-state index in [4.69, 9.17) is 4.74 Å². The van der Waals surface area contributed by atoms with Crippen LogP contribution in [0, 0.1) is 0 Å². The number of rotatable bonds is 11. The molecule has 0 heterocycles. The van der Waals surface area contributed by atoms with Crippen LogP contribution in [0.15, 0.2) is 78.9 Å². The number of carbonyl (C=O) groups is 2. The molecule has 2 N–H and O–H groups in total. The van der Waals surface area contributed by atoms with Gasteiger partial charge >= 0.3 is 0 Å². The summed E-state index contributed by atoms with van der Waals surface area (Å²) in [5, 5.41) is 5.74. The first-order valence-electron chi connectivity index (χ1n) is 11.6. The van der Waals surface area contributed by atoms with Crippen LogP contribution in [0.5, 0.6) is 5.75 Å². The lowest BCUT2D eigenvalue weighted by atomic mass is 10.1. The highest BCUT2D eigenvalue weighted by Crippen LogP contribution is 2.22. The fourth-order valence-corrected chi connectivity index (χ4v) is 4.69. The number of ether oxygens (including phenoxy) is 1. The Bertz CT molecular complexity index is 1280. The second kappa shape index (κ2) is 12.2. The molecule has 1 atom stereocenters. The number of amides is 2. The van der Waals surface area contributed by atoms with Crippen molar-refractivity contribution in [1.82, 2.24) is 5.32 Å². The Kier molecular flexibility index (Phi) is 9.08. The highest BCUT2D eigenvalue weighted by Gasteiger charge is 2.19. The predicted molar refractivity (Wildman–Crippen MR) is 142 cm³/mol. The molecule has 0 bridgehead atoms. The molecule has 8 nitrogen and oxygen atoms in total. The van der Waals surface area contributed by atoms with E-state index in [1.807, 2.05) is 37.3 Å². The third kappa shape index (κ3) is 7.32. The van der Waals surface area contributed by atoms with E-state index in [0.29, 0.717) is 29.1 Å². The molecular weight excluding hydrogens is 478 g/mol. The Balaban J connectivity index is 1.61. The smallest absolute Gasteiger partial charge is 0.253 e. The number of hydrogen-bond acceptors (Lipinski definition) is 5. The van der Waals surface area contributed by atoms with E-state index in [-0.39, 0.29) is 30.8 Å². The Morgan fingerprint density at radius 3 is 2.22 bits per heavy atom. The fourth-order valence-electron chi connectivity index (χ4n) is 3.72. The lowest BCUT2D eigenvalue weighted by Gasteiger charge is -2.22. The van der Waals surface area contributed by atoms with Gasteiger partial charge < -0.3 is 15.4 Å². The average Bonchev–Trinajstić information content (AvgIpc) is 2.87. The number of benzene rings is 3. The molecule has 0 saturated carbocycles. The molecule has 0 saturated heterocycles. The summed E-state index contributed by atoms with van der Waals surface area (Å²) in [4.78, 5) is 25.6. The van der Waals surface area contributed by atoms with Gasteiger partial charge in [0.05, 0.1) is 36.3 Å². The van der Waals surface area contributed by atoms with Crippen molar-refractivity contribution in [1.29, 1.82) is 0 Å². The topological polar surface area (TPSA) is 105 Å². The quantitative estimate of drug-likeness (QED) is 0.399. The monoisotopic (exact) mass is 509 g/mol. The maximum absolute atomic E-state index is 12.9. The van der Waals surface area contributed by atoms with Crippen molar-refractivity contribution in [2.45, 2.75) is 25.8 Å². The standard InChI is InChI=1S/C27H31N3O5S/c1-20(21-10-5-4-6-11-21)28-27(32)24-12-7-8-13-25(24)29-26(31)14-9-19-30(36(3,33)34)22-15-17-23(35-2)18-16-22/h4-8,10-13,15-18,20H,9,14,19H2,1-3H3,(H,28,32)(H,29,31)/t20-/m0/s1. The van der Waals surface area contributed by atoms with E-state index in [0.717, 1.165) is 11.8 Å². The normalized spacial score (nSPS) is 11.9. The minimum Gasteiger partial charge on any atom is -0.497 e. The zero-order valence-corrected chi connectivity index (χ0v) is 21.4. The second-order valence-electron chi connectivity index (χ2n) is 8.34. The second-order valence-corrected chi connectivity index (χ2v) is 10.2. The average molecular weight is 510 g/mol. The summed E-state index contributed by atoms with van der Waals surface area (Å²) < 4.78 is 31.0. The van der Waals surface area contributed by atoms with Gasteiger partial charge in [-0.2, -0.15) is 0 Å².